The van der Waals surface area contributed by atoms with E-state index in [-0.39, 0.29) is 18.7 Å². The van der Waals surface area contributed by atoms with E-state index in [1.165, 1.54) is 0 Å². The van der Waals surface area contributed by atoms with Crippen LogP contribution in [-0.4, -0.2) is 24.0 Å². The smallest absolute Gasteiger partial charge is 0.303 e. The molecule has 3 N–H and O–H groups in total. The van der Waals surface area contributed by atoms with Crippen molar-refractivity contribution in [1.82, 2.24) is 0 Å². The van der Waals surface area contributed by atoms with E-state index in [1.54, 1.807) is 11.9 Å². The predicted octanol–water partition coefficient (Wildman–Crippen LogP) is 3.30. The number of carbonyl (C=O) groups is 2. The van der Waals surface area contributed by atoms with Gasteiger partial charge in [0.1, 0.15) is 0 Å². The molecule has 1 aromatic rings. The Balaban J connectivity index is 2.92. The number of halogens is 3. The first-order valence-corrected chi connectivity index (χ1v) is 8.90. The Morgan fingerprint density at radius 3 is 2.40 bits per heavy atom. The van der Waals surface area contributed by atoms with Gasteiger partial charge in [-0.05, 0) is 80.3 Å². The number of carbonyl (C=O) groups excluding carboxylic acids is 1. The zero-order chi connectivity index (χ0) is 15.4. The zero-order valence-corrected chi connectivity index (χ0v) is 17.1. The van der Waals surface area contributed by atoms with Crippen LogP contribution in [0.4, 0.5) is 11.4 Å². The number of carboxylic acid groups (broad SMARTS) is 1. The van der Waals surface area contributed by atoms with Crippen molar-refractivity contribution < 1.29 is 14.7 Å². The van der Waals surface area contributed by atoms with Crippen molar-refractivity contribution in [3.05, 3.63) is 16.8 Å². The molecule has 1 aromatic carbocycles. The molecule has 0 radical (unpaired) electrons. The summed E-state index contributed by atoms with van der Waals surface area (Å²) in [5.74, 6) is -0.995. The highest BCUT2D eigenvalue weighted by atomic mass is 127. The number of aliphatic carboxylic acids is 1. The van der Waals surface area contributed by atoms with E-state index in [0.717, 1.165) is 16.4 Å². The SMILES string of the molecule is CN(C(=O)CCCC(=O)O)c1c(I)cc(I)c(N)c1I. The molecule has 0 unspecified atom stereocenters. The topological polar surface area (TPSA) is 83.6 Å². The molecular weight excluding hydrogens is 601 g/mol. The van der Waals surface area contributed by atoms with E-state index in [0.29, 0.717) is 12.1 Å². The van der Waals surface area contributed by atoms with Gasteiger partial charge in [-0.15, -0.1) is 0 Å². The molecule has 0 spiro atoms. The van der Waals surface area contributed by atoms with Gasteiger partial charge in [-0.3, -0.25) is 9.59 Å². The van der Waals surface area contributed by atoms with Crippen molar-refractivity contribution in [1.29, 1.82) is 0 Å². The lowest BCUT2D eigenvalue weighted by atomic mass is 10.2. The molecule has 1 amide bonds. The Kier molecular flexibility index (Phi) is 7.24. The highest BCUT2D eigenvalue weighted by Crippen LogP contribution is 2.35. The fourth-order valence-electron chi connectivity index (χ4n) is 1.59. The molecule has 0 aliphatic heterocycles. The summed E-state index contributed by atoms with van der Waals surface area (Å²) in [6, 6.07) is 1.93. The van der Waals surface area contributed by atoms with Crippen LogP contribution in [0.5, 0.6) is 0 Å². The van der Waals surface area contributed by atoms with Crippen LogP contribution in [0.1, 0.15) is 19.3 Å². The van der Waals surface area contributed by atoms with Gasteiger partial charge in [-0.1, -0.05) is 0 Å². The number of nitrogens with two attached hydrogens (primary N) is 1. The molecule has 0 saturated heterocycles. The lowest BCUT2D eigenvalue weighted by Gasteiger charge is -2.22. The fourth-order valence-corrected chi connectivity index (χ4v) is 5.68. The monoisotopic (exact) mass is 614 g/mol. The number of hydrogen-bond donors (Lipinski definition) is 2. The van der Waals surface area contributed by atoms with Crippen molar-refractivity contribution in [2.24, 2.45) is 0 Å². The van der Waals surface area contributed by atoms with Gasteiger partial charge in [0.15, 0.2) is 0 Å². The molecule has 0 aromatic heterocycles. The van der Waals surface area contributed by atoms with Crippen LogP contribution >= 0.6 is 67.8 Å². The number of nitrogen functional groups attached to an aromatic ring is 1. The van der Waals surface area contributed by atoms with E-state index < -0.39 is 5.97 Å². The van der Waals surface area contributed by atoms with Crippen LogP contribution < -0.4 is 10.6 Å². The van der Waals surface area contributed by atoms with Crippen LogP contribution in [0, 0.1) is 10.7 Å². The van der Waals surface area contributed by atoms with Gasteiger partial charge >= 0.3 is 5.97 Å². The van der Waals surface area contributed by atoms with Crippen LogP contribution in [0.15, 0.2) is 6.07 Å². The summed E-state index contributed by atoms with van der Waals surface area (Å²) >= 11 is 6.46. The highest BCUT2D eigenvalue weighted by Gasteiger charge is 2.19. The Labute approximate surface area is 158 Å². The average Bonchev–Trinajstić information content (AvgIpc) is 2.35. The lowest BCUT2D eigenvalue weighted by molar-refractivity contribution is -0.137. The second kappa shape index (κ2) is 7.96. The van der Waals surface area contributed by atoms with Crippen LogP contribution in [0.25, 0.3) is 0 Å². The number of carboxylic acids is 1. The molecule has 0 fully saturated rings. The van der Waals surface area contributed by atoms with Gasteiger partial charge in [0.25, 0.3) is 0 Å². The zero-order valence-electron chi connectivity index (χ0n) is 10.6. The third-order valence-electron chi connectivity index (χ3n) is 2.67. The van der Waals surface area contributed by atoms with Crippen molar-refractivity contribution in [2.75, 3.05) is 17.7 Å². The lowest BCUT2D eigenvalue weighted by Crippen LogP contribution is -2.28. The van der Waals surface area contributed by atoms with Crippen molar-refractivity contribution in [3.63, 3.8) is 0 Å². The van der Waals surface area contributed by atoms with E-state index in [9.17, 15) is 9.59 Å². The number of nitrogens with zero attached hydrogens (tertiary/aromatic N) is 1. The molecule has 20 heavy (non-hydrogen) atoms. The fraction of sp³-hybridized carbons (Fsp3) is 0.333. The third kappa shape index (κ3) is 4.58. The van der Waals surface area contributed by atoms with Gasteiger partial charge in [-0.25, -0.2) is 0 Å². The molecule has 0 heterocycles. The van der Waals surface area contributed by atoms with E-state index in [2.05, 4.69) is 67.8 Å². The normalized spacial score (nSPS) is 10.4. The average molecular weight is 614 g/mol. The van der Waals surface area contributed by atoms with E-state index in [1.807, 2.05) is 6.07 Å². The first kappa shape index (κ1) is 18.2. The minimum absolute atomic E-state index is 0.00257. The highest BCUT2D eigenvalue weighted by molar-refractivity contribution is 14.1. The Bertz CT molecular complexity index is 549. The predicted molar refractivity (Wildman–Crippen MR) is 104 cm³/mol. The van der Waals surface area contributed by atoms with Crippen LogP contribution in [-0.2, 0) is 9.59 Å². The maximum atomic E-state index is 12.1. The Morgan fingerprint density at radius 1 is 1.25 bits per heavy atom. The first-order valence-electron chi connectivity index (χ1n) is 5.67. The molecule has 0 aliphatic rings. The van der Waals surface area contributed by atoms with Crippen molar-refractivity contribution in [3.8, 4) is 0 Å². The number of anilines is 2. The molecule has 0 atom stereocenters. The van der Waals surface area contributed by atoms with Crippen LogP contribution in [0.2, 0.25) is 0 Å². The summed E-state index contributed by atoms with van der Waals surface area (Å²) in [5, 5.41) is 8.59. The molecule has 5 nitrogen and oxygen atoms in total. The van der Waals surface area contributed by atoms with Gasteiger partial charge in [0.05, 0.1) is 14.9 Å². The van der Waals surface area contributed by atoms with Crippen molar-refractivity contribution >= 4 is 91.0 Å². The number of amides is 1. The molecular formula is C12H13I3N2O3. The number of hydrogen-bond acceptors (Lipinski definition) is 3. The molecule has 0 saturated carbocycles. The maximum Gasteiger partial charge on any atom is 0.303 e. The van der Waals surface area contributed by atoms with Gasteiger partial charge in [0.2, 0.25) is 5.91 Å². The summed E-state index contributed by atoms with van der Waals surface area (Å²) in [7, 11) is 1.69. The quantitative estimate of drug-likeness (QED) is 0.395. The minimum Gasteiger partial charge on any atom is -0.481 e. The summed E-state index contributed by atoms with van der Waals surface area (Å²) in [6.07, 6.45) is 0.551. The summed E-state index contributed by atoms with van der Waals surface area (Å²) in [6.45, 7) is 0. The Hall–Kier alpha value is 0.150. The summed E-state index contributed by atoms with van der Waals surface area (Å²) in [4.78, 5) is 24.1. The van der Waals surface area contributed by atoms with Gasteiger partial charge < -0.3 is 15.7 Å². The summed E-state index contributed by atoms with van der Waals surface area (Å²) in [5.41, 5.74) is 7.44. The van der Waals surface area contributed by atoms with Gasteiger partial charge in [-0.2, -0.15) is 0 Å². The second-order valence-corrected chi connectivity index (χ2v) is 7.52. The number of rotatable bonds is 5. The second-order valence-electron chi connectivity index (χ2n) is 4.12. The third-order valence-corrected chi connectivity index (χ3v) is 5.48. The molecule has 8 heteroatoms. The van der Waals surface area contributed by atoms with Crippen LogP contribution in [0.3, 0.4) is 0 Å². The minimum atomic E-state index is -0.886. The largest absolute Gasteiger partial charge is 0.481 e. The number of benzene rings is 1. The van der Waals surface area contributed by atoms with E-state index >= 15 is 0 Å². The molecule has 0 bridgehead atoms. The van der Waals surface area contributed by atoms with E-state index in [4.69, 9.17) is 10.8 Å². The molecule has 110 valence electrons. The first-order chi connectivity index (χ1) is 9.25. The van der Waals surface area contributed by atoms with Gasteiger partial charge in [0, 0.05) is 27.0 Å². The molecule has 1 rings (SSSR count). The van der Waals surface area contributed by atoms with Crippen molar-refractivity contribution in [2.45, 2.75) is 19.3 Å². The maximum absolute atomic E-state index is 12.1. The Morgan fingerprint density at radius 2 is 1.85 bits per heavy atom. The molecule has 0 aliphatic carbocycles. The summed E-state index contributed by atoms with van der Waals surface area (Å²) < 4.78 is 2.74. The standard InChI is InChI=1S/C12H13I3N2O3/c1-17(8(18)3-2-4-9(19)20)12-7(14)5-6(13)11(16)10(12)15/h5H,2-4,16H2,1H3,(H,19,20).